The van der Waals surface area contributed by atoms with E-state index in [1.54, 1.807) is 17.0 Å². The highest BCUT2D eigenvalue weighted by molar-refractivity contribution is 7.14. The number of aliphatic carboxylic acids is 1. The highest BCUT2D eigenvalue weighted by Crippen LogP contribution is 2.21. The third-order valence-corrected chi connectivity index (χ3v) is 4.15. The maximum Gasteiger partial charge on any atom is 0.328 e. The van der Waals surface area contributed by atoms with Crippen molar-refractivity contribution < 1.29 is 19.4 Å². The first-order chi connectivity index (χ1) is 9.60. The van der Waals surface area contributed by atoms with E-state index in [0.717, 1.165) is 17.4 Å². The maximum absolute atomic E-state index is 12.4. The number of carboxylic acid groups (broad SMARTS) is 1. The molecule has 2 rings (SSSR count). The van der Waals surface area contributed by atoms with Crippen LogP contribution in [0.25, 0.3) is 6.08 Å². The molecule has 1 aromatic rings. The molecule has 0 saturated carbocycles. The number of hydrogen-bond donors (Lipinski definition) is 1. The minimum absolute atomic E-state index is 0.00766. The van der Waals surface area contributed by atoms with Crippen LogP contribution in [0.4, 0.5) is 0 Å². The van der Waals surface area contributed by atoms with Crippen molar-refractivity contribution in [1.29, 1.82) is 0 Å². The molecule has 1 saturated heterocycles. The molecular formula is C14H17NO4S. The minimum Gasteiger partial charge on any atom is -0.478 e. The van der Waals surface area contributed by atoms with Crippen LogP contribution in [0.1, 0.15) is 27.9 Å². The lowest BCUT2D eigenvalue weighted by molar-refractivity contribution is -0.131. The first-order valence-electron chi connectivity index (χ1n) is 6.52. The standard InChI is InChI=1S/C14H17NO4S/c1-2-10-9-15(7-8-19-10)14(18)12-5-3-11(20-12)4-6-13(16)17/h3-6,10H,2,7-9H2,1H3,(H,16,17). The zero-order chi connectivity index (χ0) is 14.5. The van der Waals surface area contributed by atoms with E-state index >= 15 is 0 Å². The third-order valence-electron chi connectivity index (χ3n) is 3.11. The van der Waals surface area contributed by atoms with Crippen molar-refractivity contribution in [2.75, 3.05) is 19.7 Å². The fourth-order valence-corrected chi connectivity index (χ4v) is 2.90. The molecule has 1 N–H and O–H groups in total. The van der Waals surface area contributed by atoms with E-state index in [0.29, 0.717) is 24.6 Å². The molecule has 0 aromatic carbocycles. The fourth-order valence-electron chi connectivity index (χ4n) is 2.02. The Morgan fingerprint density at radius 1 is 1.55 bits per heavy atom. The predicted octanol–water partition coefficient (Wildman–Crippen LogP) is 2.10. The van der Waals surface area contributed by atoms with Gasteiger partial charge in [-0.2, -0.15) is 0 Å². The van der Waals surface area contributed by atoms with Crippen LogP contribution in [0.15, 0.2) is 18.2 Å². The summed E-state index contributed by atoms with van der Waals surface area (Å²) in [6, 6.07) is 3.50. The van der Waals surface area contributed by atoms with Gasteiger partial charge in [0.25, 0.3) is 5.91 Å². The molecule has 1 aromatic heterocycles. The average Bonchev–Trinajstić information content (AvgIpc) is 2.93. The second kappa shape index (κ2) is 6.67. The molecule has 108 valence electrons. The smallest absolute Gasteiger partial charge is 0.328 e. The van der Waals surface area contributed by atoms with Crippen molar-refractivity contribution in [2.24, 2.45) is 0 Å². The van der Waals surface area contributed by atoms with Crippen molar-refractivity contribution in [3.63, 3.8) is 0 Å². The number of ether oxygens (including phenoxy) is 1. The van der Waals surface area contributed by atoms with Crippen molar-refractivity contribution in [2.45, 2.75) is 19.4 Å². The Balaban J connectivity index is 2.04. The second-order valence-corrected chi connectivity index (χ2v) is 5.64. The zero-order valence-corrected chi connectivity index (χ0v) is 12.1. The molecule has 1 aliphatic rings. The van der Waals surface area contributed by atoms with E-state index in [4.69, 9.17) is 9.84 Å². The van der Waals surface area contributed by atoms with Crippen LogP contribution in [-0.4, -0.2) is 47.7 Å². The largest absolute Gasteiger partial charge is 0.478 e. The summed E-state index contributed by atoms with van der Waals surface area (Å²) in [4.78, 5) is 26.0. The van der Waals surface area contributed by atoms with Crippen LogP contribution < -0.4 is 0 Å². The van der Waals surface area contributed by atoms with Gasteiger partial charge in [0.2, 0.25) is 0 Å². The number of carboxylic acids is 1. The van der Waals surface area contributed by atoms with Crippen LogP contribution in [0.5, 0.6) is 0 Å². The van der Waals surface area contributed by atoms with Gasteiger partial charge < -0.3 is 14.7 Å². The molecular weight excluding hydrogens is 278 g/mol. The van der Waals surface area contributed by atoms with E-state index in [1.165, 1.54) is 17.4 Å². The molecule has 1 fully saturated rings. The number of hydrogen-bond acceptors (Lipinski definition) is 4. The number of rotatable bonds is 4. The quantitative estimate of drug-likeness (QED) is 0.864. The highest BCUT2D eigenvalue weighted by atomic mass is 32.1. The maximum atomic E-state index is 12.4. The molecule has 2 heterocycles. The lowest BCUT2D eigenvalue weighted by Gasteiger charge is -2.32. The summed E-state index contributed by atoms with van der Waals surface area (Å²) in [5, 5.41) is 8.58. The van der Waals surface area contributed by atoms with Crippen LogP contribution >= 0.6 is 11.3 Å². The van der Waals surface area contributed by atoms with E-state index in [-0.39, 0.29) is 12.0 Å². The van der Waals surface area contributed by atoms with E-state index < -0.39 is 5.97 Å². The van der Waals surface area contributed by atoms with Gasteiger partial charge in [0.15, 0.2) is 0 Å². The molecule has 0 spiro atoms. The number of morpholine rings is 1. The Hall–Kier alpha value is -1.66. The monoisotopic (exact) mass is 295 g/mol. The van der Waals surface area contributed by atoms with E-state index in [9.17, 15) is 9.59 Å². The van der Waals surface area contributed by atoms with Crippen LogP contribution in [0.3, 0.4) is 0 Å². The Bertz CT molecular complexity index is 523. The van der Waals surface area contributed by atoms with Gasteiger partial charge in [-0.05, 0) is 24.6 Å². The lowest BCUT2D eigenvalue weighted by Crippen LogP contribution is -2.45. The zero-order valence-electron chi connectivity index (χ0n) is 11.2. The van der Waals surface area contributed by atoms with Crippen molar-refractivity contribution in [1.82, 2.24) is 4.90 Å². The van der Waals surface area contributed by atoms with E-state index in [2.05, 4.69) is 0 Å². The molecule has 1 unspecified atom stereocenters. The summed E-state index contributed by atoms with van der Waals surface area (Å²) in [5.41, 5.74) is 0. The predicted molar refractivity (Wildman–Crippen MR) is 76.9 cm³/mol. The molecule has 0 radical (unpaired) electrons. The van der Waals surface area contributed by atoms with Crippen LogP contribution in [-0.2, 0) is 9.53 Å². The SMILES string of the molecule is CCC1CN(C(=O)c2ccc(C=CC(=O)O)s2)CCO1. The van der Waals surface area contributed by atoms with Gasteiger partial charge in [0.05, 0.1) is 17.6 Å². The molecule has 0 aliphatic carbocycles. The van der Waals surface area contributed by atoms with Crippen LogP contribution in [0.2, 0.25) is 0 Å². The lowest BCUT2D eigenvalue weighted by atomic mass is 10.2. The first kappa shape index (κ1) is 14.7. The Kier molecular flexibility index (Phi) is 4.92. The Morgan fingerprint density at radius 2 is 2.35 bits per heavy atom. The number of thiophene rings is 1. The normalized spacial score (nSPS) is 19.4. The molecule has 1 aliphatic heterocycles. The number of carbonyl (C=O) groups excluding carboxylic acids is 1. The minimum atomic E-state index is -0.995. The number of carbonyl (C=O) groups is 2. The van der Waals surface area contributed by atoms with Crippen molar-refractivity contribution in [3.05, 3.63) is 28.0 Å². The molecule has 20 heavy (non-hydrogen) atoms. The van der Waals surface area contributed by atoms with Gasteiger partial charge in [-0.25, -0.2) is 4.79 Å². The summed E-state index contributed by atoms with van der Waals surface area (Å²) in [6.45, 7) is 3.83. The second-order valence-electron chi connectivity index (χ2n) is 4.53. The molecule has 1 amide bonds. The fraction of sp³-hybridized carbons (Fsp3) is 0.429. The Morgan fingerprint density at radius 3 is 3.05 bits per heavy atom. The first-order valence-corrected chi connectivity index (χ1v) is 7.33. The Labute approximate surface area is 121 Å². The van der Waals surface area contributed by atoms with Gasteiger partial charge in [0.1, 0.15) is 0 Å². The third kappa shape index (κ3) is 3.68. The summed E-state index contributed by atoms with van der Waals surface area (Å²) in [6.07, 6.45) is 3.57. The van der Waals surface area contributed by atoms with Gasteiger partial charge in [-0.1, -0.05) is 6.92 Å². The molecule has 1 atom stereocenters. The van der Waals surface area contributed by atoms with Gasteiger partial charge in [-0.3, -0.25) is 4.79 Å². The van der Waals surface area contributed by atoms with E-state index in [1.807, 2.05) is 6.92 Å². The van der Waals surface area contributed by atoms with Gasteiger partial charge in [0, 0.05) is 24.0 Å². The average molecular weight is 295 g/mol. The number of nitrogens with zero attached hydrogens (tertiary/aromatic N) is 1. The summed E-state index contributed by atoms with van der Waals surface area (Å²) in [5.74, 6) is -1.00. The summed E-state index contributed by atoms with van der Waals surface area (Å²) < 4.78 is 5.55. The summed E-state index contributed by atoms with van der Waals surface area (Å²) in [7, 11) is 0. The highest BCUT2D eigenvalue weighted by Gasteiger charge is 2.24. The molecule has 5 nitrogen and oxygen atoms in total. The number of amides is 1. The molecule has 0 bridgehead atoms. The van der Waals surface area contributed by atoms with Crippen LogP contribution in [0, 0.1) is 0 Å². The van der Waals surface area contributed by atoms with Gasteiger partial charge >= 0.3 is 5.97 Å². The molecule has 6 heteroatoms. The van der Waals surface area contributed by atoms with Gasteiger partial charge in [-0.15, -0.1) is 11.3 Å². The topological polar surface area (TPSA) is 66.8 Å². The summed E-state index contributed by atoms with van der Waals surface area (Å²) >= 11 is 1.30. The van der Waals surface area contributed by atoms with Crippen molar-refractivity contribution in [3.8, 4) is 0 Å². The van der Waals surface area contributed by atoms with Crippen molar-refractivity contribution >= 4 is 29.3 Å².